The smallest absolute Gasteiger partial charge is 0.0957 e. The molecular weight excluding hydrogens is 228 g/mol. The highest BCUT2D eigenvalue weighted by molar-refractivity contribution is 5.04. The van der Waals surface area contributed by atoms with Crippen molar-refractivity contribution in [2.24, 2.45) is 0 Å². The van der Waals surface area contributed by atoms with E-state index in [1.165, 1.54) is 12.8 Å². The average molecular weight is 252 g/mol. The molecule has 1 saturated heterocycles. The molecule has 2 heterocycles. The first-order valence-corrected chi connectivity index (χ1v) is 7.12. The van der Waals surface area contributed by atoms with Crippen molar-refractivity contribution in [3.05, 3.63) is 18.0 Å². The Hall–Kier alpha value is -0.870. The van der Waals surface area contributed by atoms with Crippen LogP contribution in [0.5, 0.6) is 0 Å². The molecule has 0 spiro atoms. The zero-order valence-corrected chi connectivity index (χ0v) is 11.2. The number of hydrogen-bond acceptors (Lipinski definition) is 3. The molecule has 1 aliphatic rings. The molecule has 2 atom stereocenters. The van der Waals surface area contributed by atoms with Gasteiger partial charge in [0.1, 0.15) is 0 Å². The highest BCUT2D eigenvalue weighted by Crippen LogP contribution is 2.23. The van der Waals surface area contributed by atoms with Crippen LogP contribution in [0, 0.1) is 0 Å². The molecule has 1 fully saturated rings. The molecular formula is C14H24N2O2. The van der Waals surface area contributed by atoms with Crippen LogP contribution < -0.4 is 0 Å². The maximum absolute atomic E-state index is 10.2. The van der Waals surface area contributed by atoms with E-state index in [1.54, 1.807) is 6.20 Å². The molecule has 18 heavy (non-hydrogen) atoms. The molecule has 1 aromatic rings. The molecule has 0 radical (unpaired) electrons. The van der Waals surface area contributed by atoms with E-state index in [4.69, 9.17) is 4.74 Å². The van der Waals surface area contributed by atoms with Crippen molar-refractivity contribution >= 4 is 0 Å². The number of aliphatic hydroxyl groups excluding tert-OH is 1. The fourth-order valence-corrected chi connectivity index (χ4v) is 2.55. The van der Waals surface area contributed by atoms with Crippen LogP contribution in [-0.4, -0.2) is 27.6 Å². The number of hydrogen-bond donors (Lipinski definition) is 1. The van der Waals surface area contributed by atoms with Gasteiger partial charge in [-0.05, 0) is 44.6 Å². The first-order valence-electron chi connectivity index (χ1n) is 7.12. The highest BCUT2D eigenvalue weighted by atomic mass is 16.5. The zero-order valence-electron chi connectivity index (χ0n) is 11.2. The van der Waals surface area contributed by atoms with E-state index in [0.717, 1.165) is 44.5 Å². The van der Waals surface area contributed by atoms with E-state index in [-0.39, 0.29) is 0 Å². The second-order valence-corrected chi connectivity index (χ2v) is 5.06. The maximum atomic E-state index is 10.2. The predicted molar refractivity (Wildman–Crippen MR) is 70.3 cm³/mol. The molecule has 0 aromatic carbocycles. The van der Waals surface area contributed by atoms with Gasteiger partial charge < -0.3 is 9.84 Å². The van der Waals surface area contributed by atoms with Crippen LogP contribution in [0.2, 0.25) is 0 Å². The largest absolute Gasteiger partial charge is 0.387 e. The molecule has 102 valence electrons. The summed E-state index contributed by atoms with van der Waals surface area (Å²) in [5.74, 6) is 0. The van der Waals surface area contributed by atoms with E-state index in [0.29, 0.717) is 6.10 Å². The Morgan fingerprint density at radius 3 is 3.17 bits per heavy atom. The van der Waals surface area contributed by atoms with Crippen molar-refractivity contribution in [1.29, 1.82) is 0 Å². The summed E-state index contributed by atoms with van der Waals surface area (Å²) in [4.78, 5) is 0. The van der Waals surface area contributed by atoms with Gasteiger partial charge in [0.05, 0.1) is 17.9 Å². The van der Waals surface area contributed by atoms with Gasteiger partial charge in [-0.15, -0.1) is 0 Å². The summed E-state index contributed by atoms with van der Waals surface area (Å²) in [5, 5.41) is 14.5. The van der Waals surface area contributed by atoms with Crippen molar-refractivity contribution in [2.45, 2.75) is 64.2 Å². The minimum atomic E-state index is -0.412. The van der Waals surface area contributed by atoms with Gasteiger partial charge in [0.2, 0.25) is 0 Å². The molecule has 1 aliphatic heterocycles. The van der Waals surface area contributed by atoms with Gasteiger partial charge in [-0.3, -0.25) is 4.68 Å². The molecule has 0 aliphatic carbocycles. The molecule has 1 aromatic heterocycles. The summed E-state index contributed by atoms with van der Waals surface area (Å²) in [6.07, 6.45) is 8.02. The quantitative estimate of drug-likeness (QED) is 0.846. The van der Waals surface area contributed by atoms with Crippen molar-refractivity contribution in [2.75, 3.05) is 6.61 Å². The van der Waals surface area contributed by atoms with Gasteiger partial charge in [-0.25, -0.2) is 0 Å². The summed E-state index contributed by atoms with van der Waals surface area (Å²) < 4.78 is 7.60. The maximum Gasteiger partial charge on any atom is 0.0957 e. The van der Waals surface area contributed by atoms with Gasteiger partial charge in [-0.1, -0.05) is 6.92 Å². The standard InChI is InChI=1S/C14H24N2O2/c1-2-10-16-13(8-9-15-16)14(17)7-6-12-5-3-4-11-18-12/h8-9,12,14,17H,2-7,10-11H2,1H3. The Morgan fingerprint density at radius 1 is 1.56 bits per heavy atom. The minimum absolute atomic E-state index is 0.343. The second-order valence-electron chi connectivity index (χ2n) is 5.06. The molecule has 4 nitrogen and oxygen atoms in total. The molecule has 0 bridgehead atoms. The lowest BCUT2D eigenvalue weighted by atomic mass is 10.0. The lowest BCUT2D eigenvalue weighted by Crippen LogP contribution is -2.20. The van der Waals surface area contributed by atoms with Gasteiger partial charge in [0.15, 0.2) is 0 Å². The van der Waals surface area contributed by atoms with E-state index in [1.807, 2.05) is 10.7 Å². The number of aromatic nitrogens is 2. The molecule has 2 unspecified atom stereocenters. The lowest BCUT2D eigenvalue weighted by Gasteiger charge is -2.23. The van der Waals surface area contributed by atoms with Crippen LogP contribution in [0.4, 0.5) is 0 Å². The van der Waals surface area contributed by atoms with Crippen molar-refractivity contribution in [3.63, 3.8) is 0 Å². The van der Waals surface area contributed by atoms with Gasteiger partial charge in [0.25, 0.3) is 0 Å². The van der Waals surface area contributed by atoms with Gasteiger partial charge in [-0.2, -0.15) is 5.10 Å². The van der Waals surface area contributed by atoms with Gasteiger partial charge >= 0.3 is 0 Å². The van der Waals surface area contributed by atoms with Crippen molar-refractivity contribution < 1.29 is 9.84 Å². The third-order valence-electron chi connectivity index (χ3n) is 3.56. The van der Waals surface area contributed by atoms with E-state index < -0.39 is 6.10 Å². The van der Waals surface area contributed by atoms with E-state index in [2.05, 4.69) is 12.0 Å². The highest BCUT2D eigenvalue weighted by Gasteiger charge is 2.18. The third kappa shape index (κ3) is 3.56. The van der Waals surface area contributed by atoms with Gasteiger partial charge in [0, 0.05) is 19.3 Å². The van der Waals surface area contributed by atoms with Crippen LogP contribution in [0.25, 0.3) is 0 Å². The molecule has 0 saturated carbocycles. The van der Waals surface area contributed by atoms with Crippen LogP contribution in [0.15, 0.2) is 12.3 Å². The van der Waals surface area contributed by atoms with Crippen LogP contribution in [0.1, 0.15) is 57.2 Å². The van der Waals surface area contributed by atoms with Crippen molar-refractivity contribution in [3.8, 4) is 0 Å². The number of rotatable bonds is 6. The average Bonchev–Trinajstić information content (AvgIpc) is 2.86. The number of aliphatic hydroxyl groups is 1. The lowest BCUT2D eigenvalue weighted by molar-refractivity contribution is 0.00153. The van der Waals surface area contributed by atoms with E-state index >= 15 is 0 Å². The van der Waals surface area contributed by atoms with Crippen LogP contribution in [0.3, 0.4) is 0 Å². The molecule has 0 amide bonds. The Balaban J connectivity index is 1.82. The summed E-state index contributed by atoms with van der Waals surface area (Å²) in [5.41, 5.74) is 0.938. The fourth-order valence-electron chi connectivity index (χ4n) is 2.55. The second kappa shape index (κ2) is 6.90. The SMILES string of the molecule is CCCn1nccc1C(O)CCC1CCCCO1. The predicted octanol–water partition coefficient (Wildman–Crippen LogP) is 2.68. The van der Waals surface area contributed by atoms with E-state index in [9.17, 15) is 5.11 Å². The topological polar surface area (TPSA) is 47.3 Å². The normalized spacial score (nSPS) is 22.0. The summed E-state index contributed by atoms with van der Waals surface area (Å²) >= 11 is 0. The first-order chi connectivity index (χ1) is 8.81. The minimum Gasteiger partial charge on any atom is -0.387 e. The Bertz CT molecular complexity index is 345. The summed E-state index contributed by atoms with van der Waals surface area (Å²) in [6.45, 7) is 3.88. The molecule has 2 rings (SSSR count). The third-order valence-corrected chi connectivity index (χ3v) is 3.56. The molecule has 4 heteroatoms. The fraction of sp³-hybridized carbons (Fsp3) is 0.786. The first kappa shape index (κ1) is 13.6. The number of aryl methyl sites for hydroxylation is 1. The Labute approximate surface area is 109 Å². The monoisotopic (exact) mass is 252 g/mol. The number of ether oxygens (including phenoxy) is 1. The summed E-state index contributed by atoms with van der Waals surface area (Å²) in [6, 6.07) is 1.92. The van der Waals surface area contributed by atoms with Crippen LogP contribution in [-0.2, 0) is 11.3 Å². The summed E-state index contributed by atoms with van der Waals surface area (Å²) in [7, 11) is 0. The number of nitrogens with zero attached hydrogens (tertiary/aromatic N) is 2. The zero-order chi connectivity index (χ0) is 12.8. The molecule has 1 N–H and O–H groups in total. The Kier molecular flexibility index (Phi) is 5.20. The Morgan fingerprint density at radius 2 is 2.44 bits per heavy atom. The van der Waals surface area contributed by atoms with Crippen LogP contribution >= 0.6 is 0 Å². The van der Waals surface area contributed by atoms with Crippen molar-refractivity contribution in [1.82, 2.24) is 9.78 Å².